The number of carbonyl (C=O) groups is 2. The second kappa shape index (κ2) is 6.38. The number of amides is 1. The van der Waals surface area contributed by atoms with Crippen LogP contribution in [0.3, 0.4) is 0 Å². The van der Waals surface area contributed by atoms with Gasteiger partial charge < -0.3 is 10.4 Å². The molecular formula is C15H18N4O3. The zero-order valence-corrected chi connectivity index (χ0v) is 12.5. The minimum atomic E-state index is -0.963. The molecule has 0 unspecified atom stereocenters. The molecule has 22 heavy (non-hydrogen) atoms. The average molecular weight is 302 g/mol. The highest BCUT2D eigenvalue weighted by Crippen LogP contribution is 2.24. The van der Waals surface area contributed by atoms with E-state index < -0.39 is 11.4 Å². The van der Waals surface area contributed by atoms with Crippen LogP contribution < -0.4 is 5.32 Å². The van der Waals surface area contributed by atoms with Gasteiger partial charge in [-0.2, -0.15) is 5.10 Å². The Morgan fingerprint density at radius 2 is 1.95 bits per heavy atom. The molecule has 0 radical (unpaired) electrons. The van der Waals surface area contributed by atoms with E-state index in [9.17, 15) is 14.7 Å². The van der Waals surface area contributed by atoms with Crippen molar-refractivity contribution in [3.8, 4) is 0 Å². The van der Waals surface area contributed by atoms with E-state index in [1.165, 1.54) is 6.33 Å². The van der Waals surface area contributed by atoms with Crippen LogP contribution in [-0.4, -0.2) is 31.7 Å². The first-order valence-corrected chi connectivity index (χ1v) is 6.86. The second-order valence-corrected chi connectivity index (χ2v) is 5.46. The quantitative estimate of drug-likeness (QED) is 0.846. The first kappa shape index (κ1) is 15.7. The van der Waals surface area contributed by atoms with Crippen LogP contribution in [0.15, 0.2) is 36.9 Å². The molecule has 116 valence electrons. The van der Waals surface area contributed by atoms with Gasteiger partial charge in [0.25, 0.3) is 0 Å². The molecule has 7 nitrogen and oxygen atoms in total. The van der Waals surface area contributed by atoms with E-state index in [-0.39, 0.29) is 12.3 Å². The number of nitrogens with one attached hydrogen (secondary N) is 1. The minimum Gasteiger partial charge on any atom is -0.481 e. The minimum absolute atomic E-state index is 0.138. The highest BCUT2D eigenvalue weighted by molar-refractivity contribution is 5.90. The van der Waals surface area contributed by atoms with Gasteiger partial charge in [0.2, 0.25) is 5.91 Å². The van der Waals surface area contributed by atoms with Crippen molar-refractivity contribution in [2.75, 3.05) is 5.32 Å². The zero-order chi connectivity index (χ0) is 16.2. The van der Waals surface area contributed by atoms with Crippen molar-refractivity contribution in [2.24, 2.45) is 0 Å². The molecule has 0 fully saturated rings. The van der Waals surface area contributed by atoms with Crippen LogP contribution in [0.4, 0.5) is 5.69 Å². The Morgan fingerprint density at radius 1 is 1.27 bits per heavy atom. The van der Waals surface area contributed by atoms with E-state index in [0.717, 1.165) is 0 Å². The first-order chi connectivity index (χ1) is 10.4. The summed E-state index contributed by atoms with van der Waals surface area (Å²) in [6.07, 6.45) is 3.25. The predicted molar refractivity (Wildman–Crippen MR) is 80.4 cm³/mol. The van der Waals surface area contributed by atoms with E-state index in [0.29, 0.717) is 17.8 Å². The van der Waals surface area contributed by atoms with E-state index in [1.54, 1.807) is 49.1 Å². The fourth-order valence-electron chi connectivity index (χ4n) is 1.88. The normalized spacial score (nSPS) is 11.2. The summed E-state index contributed by atoms with van der Waals surface area (Å²) >= 11 is 0. The molecule has 0 aliphatic rings. The molecule has 0 aliphatic heterocycles. The maximum atomic E-state index is 11.8. The summed E-state index contributed by atoms with van der Waals surface area (Å²) in [5.74, 6) is -1.03. The van der Waals surface area contributed by atoms with Crippen LogP contribution in [0.25, 0.3) is 0 Å². The van der Waals surface area contributed by atoms with Crippen LogP contribution in [0.5, 0.6) is 0 Å². The Kier molecular flexibility index (Phi) is 4.55. The van der Waals surface area contributed by atoms with Crippen LogP contribution in [0.1, 0.15) is 25.8 Å². The van der Waals surface area contributed by atoms with Gasteiger partial charge in [-0.15, -0.1) is 0 Å². The summed E-state index contributed by atoms with van der Waals surface area (Å²) in [7, 11) is 0. The first-order valence-electron chi connectivity index (χ1n) is 6.86. The summed E-state index contributed by atoms with van der Waals surface area (Å²) < 4.78 is 1.58. The summed E-state index contributed by atoms with van der Waals surface area (Å²) in [6, 6.07) is 6.82. The maximum absolute atomic E-state index is 11.8. The number of rotatable bonds is 6. The zero-order valence-electron chi connectivity index (χ0n) is 12.5. The molecule has 1 heterocycles. The molecule has 0 atom stereocenters. The molecule has 1 amide bonds. The van der Waals surface area contributed by atoms with Crippen molar-refractivity contribution in [1.29, 1.82) is 0 Å². The van der Waals surface area contributed by atoms with Crippen molar-refractivity contribution in [3.63, 3.8) is 0 Å². The Labute approximate surface area is 128 Å². The van der Waals surface area contributed by atoms with Gasteiger partial charge in [-0.25, -0.2) is 4.98 Å². The van der Waals surface area contributed by atoms with E-state index in [4.69, 9.17) is 0 Å². The van der Waals surface area contributed by atoms with Crippen molar-refractivity contribution in [2.45, 2.75) is 32.2 Å². The summed E-state index contributed by atoms with van der Waals surface area (Å²) in [4.78, 5) is 26.8. The molecule has 0 bridgehead atoms. The number of benzene rings is 1. The van der Waals surface area contributed by atoms with Gasteiger partial charge in [0, 0.05) is 12.1 Å². The van der Waals surface area contributed by atoms with Gasteiger partial charge >= 0.3 is 5.97 Å². The van der Waals surface area contributed by atoms with Gasteiger partial charge in [0.15, 0.2) is 0 Å². The fraction of sp³-hybridized carbons (Fsp3) is 0.333. The van der Waals surface area contributed by atoms with Gasteiger partial charge in [0.1, 0.15) is 12.7 Å². The molecule has 2 rings (SSSR count). The number of aromatic nitrogens is 3. The molecule has 2 aromatic rings. The van der Waals surface area contributed by atoms with Crippen molar-refractivity contribution >= 4 is 17.6 Å². The fourth-order valence-corrected chi connectivity index (χ4v) is 1.88. The topological polar surface area (TPSA) is 97.1 Å². The summed E-state index contributed by atoms with van der Waals surface area (Å²) in [5.41, 5.74) is 0.351. The predicted octanol–water partition coefficient (Wildman–Crippen LogP) is 1.67. The number of aryl methyl sites for hydroxylation is 1. The number of anilines is 1. The number of carboxylic acids is 1. The number of nitrogens with zero attached hydrogens (tertiary/aromatic N) is 3. The third-order valence-electron chi connectivity index (χ3n) is 3.46. The molecule has 0 aliphatic carbocycles. The number of aliphatic carboxylic acids is 1. The van der Waals surface area contributed by atoms with Crippen molar-refractivity contribution in [3.05, 3.63) is 42.5 Å². The Morgan fingerprint density at radius 3 is 2.50 bits per heavy atom. The monoisotopic (exact) mass is 302 g/mol. The molecule has 7 heteroatoms. The second-order valence-electron chi connectivity index (χ2n) is 5.46. The van der Waals surface area contributed by atoms with Crippen LogP contribution in [0, 0.1) is 0 Å². The van der Waals surface area contributed by atoms with Crippen molar-refractivity contribution < 1.29 is 14.7 Å². The lowest BCUT2D eigenvalue weighted by atomic mass is 9.85. The third kappa shape index (κ3) is 3.69. The summed E-state index contributed by atoms with van der Waals surface area (Å²) in [6.45, 7) is 3.73. The molecular weight excluding hydrogens is 284 g/mol. The number of carbonyl (C=O) groups excluding carboxylic acids is 1. The molecule has 0 saturated heterocycles. The molecule has 2 N–H and O–H groups in total. The highest BCUT2D eigenvalue weighted by Gasteiger charge is 2.29. The molecule has 0 saturated carbocycles. The Hall–Kier alpha value is -2.70. The van der Waals surface area contributed by atoms with E-state index in [2.05, 4.69) is 15.4 Å². The maximum Gasteiger partial charge on any atom is 0.313 e. The van der Waals surface area contributed by atoms with Crippen molar-refractivity contribution in [1.82, 2.24) is 14.8 Å². The molecule has 1 aromatic heterocycles. The largest absolute Gasteiger partial charge is 0.481 e. The van der Waals surface area contributed by atoms with Gasteiger partial charge in [0.05, 0.1) is 12.0 Å². The highest BCUT2D eigenvalue weighted by atomic mass is 16.4. The van der Waals surface area contributed by atoms with Crippen LogP contribution in [-0.2, 0) is 21.5 Å². The van der Waals surface area contributed by atoms with E-state index >= 15 is 0 Å². The van der Waals surface area contributed by atoms with E-state index in [1.807, 2.05) is 0 Å². The lowest BCUT2D eigenvalue weighted by molar-refractivity contribution is -0.142. The number of hydrogen-bond acceptors (Lipinski definition) is 4. The van der Waals surface area contributed by atoms with Gasteiger partial charge in [-0.3, -0.25) is 14.3 Å². The molecule has 1 aromatic carbocycles. The summed E-state index contributed by atoms with van der Waals surface area (Å²) in [5, 5.41) is 15.9. The number of carboxylic acid groups (broad SMARTS) is 1. The Bertz CT molecular complexity index is 648. The van der Waals surface area contributed by atoms with Gasteiger partial charge in [-0.05, 0) is 31.5 Å². The third-order valence-corrected chi connectivity index (χ3v) is 3.46. The SMILES string of the molecule is CC(C)(C(=O)O)c1ccc(NC(=O)CCn2cncn2)cc1. The lowest BCUT2D eigenvalue weighted by Gasteiger charge is -2.19. The lowest BCUT2D eigenvalue weighted by Crippen LogP contribution is -2.28. The van der Waals surface area contributed by atoms with Crippen LogP contribution >= 0.6 is 0 Å². The Balaban J connectivity index is 1.93. The molecule has 0 spiro atoms. The number of hydrogen-bond donors (Lipinski definition) is 2. The smallest absolute Gasteiger partial charge is 0.313 e. The van der Waals surface area contributed by atoms with Gasteiger partial charge in [-0.1, -0.05) is 12.1 Å². The standard InChI is InChI=1S/C15H18N4O3/c1-15(2,14(21)22)11-3-5-12(6-4-11)18-13(20)7-8-19-10-16-9-17-19/h3-6,9-10H,7-8H2,1-2H3,(H,18,20)(H,21,22). The average Bonchev–Trinajstić information content (AvgIpc) is 2.99. The van der Waals surface area contributed by atoms with Crippen LogP contribution in [0.2, 0.25) is 0 Å².